The fraction of sp³-hybridized carbons (Fsp3) is 0.846. The summed E-state index contributed by atoms with van der Waals surface area (Å²) in [6.07, 6.45) is 4.48. The second kappa shape index (κ2) is 4.60. The molecule has 0 aromatic carbocycles. The molecule has 1 aliphatic carbocycles. The van der Waals surface area contributed by atoms with Gasteiger partial charge in [0.05, 0.1) is 10.9 Å². The van der Waals surface area contributed by atoms with Crippen molar-refractivity contribution in [2.45, 2.75) is 37.0 Å². The Labute approximate surface area is 121 Å². The average Bonchev–Trinajstić information content (AvgIpc) is 2.92. The molecule has 1 aromatic rings. The van der Waals surface area contributed by atoms with Gasteiger partial charge in [0, 0.05) is 25.4 Å². The molecule has 0 N–H and O–H groups in total. The van der Waals surface area contributed by atoms with Crippen molar-refractivity contribution in [3.05, 3.63) is 5.01 Å². The molecule has 4 nitrogen and oxygen atoms in total. The van der Waals surface area contributed by atoms with Crippen LogP contribution < -0.4 is 4.90 Å². The summed E-state index contributed by atoms with van der Waals surface area (Å²) in [5.74, 6) is 2.05. The van der Waals surface area contributed by atoms with Gasteiger partial charge >= 0.3 is 0 Å². The Hall–Kier alpha value is -0.330. The van der Waals surface area contributed by atoms with Crippen LogP contribution in [0, 0.1) is 12.8 Å². The number of anilines is 1. The Balaban J connectivity index is 1.29. The fourth-order valence-corrected chi connectivity index (χ4v) is 5.12. The third kappa shape index (κ3) is 2.50. The van der Waals surface area contributed by atoms with Crippen LogP contribution in [0.5, 0.6) is 0 Å². The van der Waals surface area contributed by atoms with E-state index in [0.717, 1.165) is 35.8 Å². The highest BCUT2D eigenvalue weighted by Gasteiger charge is 2.50. The van der Waals surface area contributed by atoms with E-state index in [2.05, 4.69) is 26.9 Å². The first-order chi connectivity index (χ1) is 9.22. The van der Waals surface area contributed by atoms with E-state index in [0.29, 0.717) is 10.9 Å². The van der Waals surface area contributed by atoms with Crippen LogP contribution in [-0.4, -0.2) is 46.5 Å². The van der Waals surface area contributed by atoms with Gasteiger partial charge in [0.15, 0.2) is 0 Å². The van der Waals surface area contributed by atoms with Crippen LogP contribution in [-0.2, 0) is 4.74 Å². The minimum absolute atomic E-state index is 0.438. The lowest BCUT2D eigenvalue weighted by Gasteiger charge is -2.47. The molecule has 1 atom stereocenters. The number of ether oxygens (including phenoxy) is 1. The lowest BCUT2D eigenvalue weighted by molar-refractivity contribution is 0.0529. The van der Waals surface area contributed by atoms with Gasteiger partial charge in [-0.05, 0) is 32.1 Å². The van der Waals surface area contributed by atoms with E-state index in [1.807, 2.05) is 6.92 Å². The lowest BCUT2D eigenvalue weighted by Crippen LogP contribution is -2.59. The highest BCUT2D eigenvalue weighted by Crippen LogP contribution is 2.48. The normalized spacial score (nSPS) is 28.9. The summed E-state index contributed by atoms with van der Waals surface area (Å²) < 4.78 is 6.48. The van der Waals surface area contributed by atoms with E-state index < -0.39 is 0 Å². The third-order valence-corrected chi connectivity index (χ3v) is 6.66. The summed E-state index contributed by atoms with van der Waals surface area (Å²) in [4.78, 5) is 2.36. The Kier molecular flexibility index (Phi) is 3.01. The maximum atomic E-state index is 6.04. The number of thioether (sulfide) groups is 1. The van der Waals surface area contributed by atoms with Gasteiger partial charge in [-0.2, -0.15) is 0 Å². The highest BCUT2D eigenvalue weighted by molar-refractivity contribution is 8.01. The number of aromatic nitrogens is 2. The van der Waals surface area contributed by atoms with Gasteiger partial charge in [-0.1, -0.05) is 11.3 Å². The predicted molar refractivity (Wildman–Crippen MR) is 79.1 cm³/mol. The maximum Gasteiger partial charge on any atom is 0.208 e. The lowest BCUT2D eigenvalue weighted by atomic mass is 9.93. The van der Waals surface area contributed by atoms with Gasteiger partial charge in [0.1, 0.15) is 5.01 Å². The highest BCUT2D eigenvalue weighted by atomic mass is 32.2. The summed E-state index contributed by atoms with van der Waals surface area (Å²) in [6, 6.07) is 0. The summed E-state index contributed by atoms with van der Waals surface area (Å²) in [6.45, 7) is 5.26. The van der Waals surface area contributed by atoms with E-state index in [4.69, 9.17) is 4.74 Å². The van der Waals surface area contributed by atoms with Crippen LogP contribution in [0.25, 0.3) is 0 Å². The zero-order chi connectivity index (χ0) is 12.9. The Morgan fingerprint density at radius 2 is 2.21 bits per heavy atom. The molecule has 3 fully saturated rings. The quantitative estimate of drug-likeness (QED) is 0.853. The molecule has 2 saturated heterocycles. The minimum atomic E-state index is 0.438. The van der Waals surface area contributed by atoms with Crippen molar-refractivity contribution in [2.24, 2.45) is 5.92 Å². The molecule has 3 aliphatic rings. The fourth-order valence-electron chi connectivity index (χ4n) is 2.89. The Bertz CT molecular complexity index is 468. The first-order valence-corrected chi connectivity index (χ1v) is 8.83. The number of nitrogens with zero attached hydrogens (tertiary/aromatic N) is 3. The van der Waals surface area contributed by atoms with Gasteiger partial charge in [-0.25, -0.2) is 0 Å². The molecule has 0 bridgehead atoms. The molecular formula is C13H19N3OS2. The van der Waals surface area contributed by atoms with Crippen LogP contribution in [0.4, 0.5) is 5.13 Å². The summed E-state index contributed by atoms with van der Waals surface area (Å²) in [5, 5.41) is 10.5. The smallest absolute Gasteiger partial charge is 0.208 e. The number of hydrogen-bond acceptors (Lipinski definition) is 6. The van der Waals surface area contributed by atoms with Crippen molar-refractivity contribution < 1.29 is 4.74 Å². The molecule has 0 radical (unpaired) electrons. The van der Waals surface area contributed by atoms with E-state index >= 15 is 0 Å². The van der Waals surface area contributed by atoms with Gasteiger partial charge in [-0.3, -0.25) is 0 Å². The topological polar surface area (TPSA) is 38.2 Å². The van der Waals surface area contributed by atoms with Gasteiger partial charge in [0.2, 0.25) is 5.13 Å². The number of hydrogen-bond donors (Lipinski definition) is 0. The van der Waals surface area contributed by atoms with Crippen LogP contribution in [0.2, 0.25) is 0 Å². The van der Waals surface area contributed by atoms with Crippen LogP contribution in [0.3, 0.4) is 0 Å². The SMILES string of the molecule is Cc1nnc(N2CC3(CC(OCC4CC4)CS3)C2)s1. The molecule has 1 unspecified atom stereocenters. The number of rotatable bonds is 4. The van der Waals surface area contributed by atoms with Gasteiger partial charge < -0.3 is 9.64 Å². The Morgan fingerprint density at radius 1 is 1.37 bits per heavy atom. The molecule has 104 valence electrons. The first-order valence-electron chi connectivity index (χ1n) is 7.03. The molecule has 1 saturated carbocycles. The van der Waals surface area contributed by atoms with E-state index in [1.165, 1.54) is 25.0 Å². The molecule has 3 heterocycles. The molecule has 6 heteroatoms. The molecule has 0 amide bonds. The molecule has 4 rings (SSSR count). The predicted octanol–water partition coefficient (Wildman–Crippen LogP) is 2.34. The van der Waals surface area contributed by atoms with Crippen molar-refractivity contribution >= 4 is 28.2 Å². The van der Waals surface area contributed by atoms with Gasteiger partial charge in [0.25, 0.3) is 0 Å². The van der Waals surface area contributed by atoms with Crippen molar-refractivity contribution in [1.29, 1.82) is 0 Å². The second-order valence-corrected chi connectivity index (χ2v) is 8.70. The molecule has 1 spiro atoms. The van der Waals surface area contributed by atoms with Crippen LogP contribution >= 0.6 is 23.1 Å². The second-order valence-electron chi connectivity index (χ2n) is 6.06. The number of aryl methyl sites for hydroxylation is 1. The largest absolute Gasteiger partial charge is 0.377 e. The maximum absolute atomic E-state index is 6.04. The molecule has 1 aromatic heterocycles. The standard InChI is InChI=1S/C13H19N3OS2/c1-9-14-15-12(19-9)16-7-13(8-16)4-11(6-18-13)17-5-10-2-3-10/h10-11H,2-8H2,1H3. The summed E-state index contributed by atoms with van der Waals surface area (Å²) in [7, 11) is 0. The minimum Gasteiger partial charge on any atom is -0.377 e. The Morgan fingerprint density at radius 3 is 2.89 bits per heavy atom. The van der Waals surface area contributed by atoms with Gasteiger partial charge in [-0.15, -0.1) is 22.0 Å². The third-order valence-electron chi connectivity index (χ3n) is 4.18. The zero-order valence-electron chi connectivity index (χ0n) is 11.2. The summed E-state index contributed by atoms with van der Waals surface area (Å²) in [5.41, 5.74) is 0. The van der Waals surface area contributed by atoms with E-state index in [9.17, 15) is 0 Å². The first kappa shape index (κ1) is 12.4. The van der Waals surface area contributed by atoms with Crippen molar-refractivity contribution in [3.63, 3.8) is 0 Å². The van der Waals surface area contributed by atoms with Crippen molar-refractivity contribution in [1.82, 2.24) is 10.2 Å². The van der Waals surface area contributed by atoms with Crippen LogP contribution in [0.15, 0.2) is 0 Å². The molecule has 19 heavy (non-hydrogen) atoms. The monoisotopic (exact) mass is 297 g/mol. The molecule has 2 aliphatic heterocycles. The van der Waals surface area contributed by atoms with Crippen molar-refractivity contribution in [3.8, 4) is 0 Å². The average molecular weight is 297 g/mol. The van der Waals surface area contributed by atoms with Crippen molar-refractivity contribution in [2.75, 3.05) is 30.3 Å². The van der Waals surface area contributed by atoms with E-state index in [-0.39, 0.29) is 0 Å². The van der Waals surface area contributed by atoms with Crippen LogP contribution in [0.1, 0.15) is 24.3 Å². The zero-order valence-corrected chi connectivity index (χ0v) is 12.8. The van der Waals surface area contributed by atoms with E-state index in [1.54, 1.807) is 11.3 Å². The summed E-state index contributed by atoms with van der Waals surface area (Å²) >= 11 is 3.81. The molecular weight excluding hydrogens is 278 g/mol.